The lowest BCUT2D eigenvalue weighted by molar-refractivity contribution is 0.117. The Hall–Kier alpha value is -0.930. The molecular formula is C15H23FN2. The number of hydrogen-bond donors (Lipinski definition) is 1. The molecule has 1 aliphatic heterocycles. The van der Waals surface area contributed by atoms with Gasteiger partial charge in [0, 0.05) is 24.7 Å². The molecule has 1 aliphatic rings. The molecular weight excluding hydrogens is 227 g/mol. The first-order valence-corrected chi connectivity index (χ1v) is 6.72. The average Bonchev–Trinajstić information content (AvgIpc) is 2.39. The number of halogens is 1. The van der Waals surface area contributed by atoms with E-state index >= 15 is 0 Å². The fourth-order valence-corrected chi connectivity index (χ4v) is 2.63. The molecule has 1 N–H and O–H groups in total. The predicted molar refractivity (Wildman–Crippen MR) is 73.1 cm³/mol. The van der Waals surface area contributed by atoms with Crippen LogP contribution in [0.3, 0.4) is 0 Å². The second-order valence-electron chi connectivity index (χ2n) is 5.58. The first-order valence-electron chi connectivity index (χ1n) is 6.72. The standard InChI is InChI=1S/C15H23FN2/c1-12(13-5-4-6-14(16)11-13)18-9-7-15(2,17-3)8-10-18/h4-6,11-12,17H,7-10H2,1-3H3. The third-order valence-corrected chi connectivity index (χ3v) is 4.38. The zero-order valence-corrected chi connectivity index (χ0v) is 11.5. The number of rotatable bonds is 3. The summed E-state index contributed by atoms with van der Waals surface area (Å²) in [6.45, 7) is 6.57. The van der Waals surface area contributed by atoms with Crippen LogP contribution in [-0.4, -0.2) is 30.6 Å². The molecule has 0 radical (unpaired) electrons. The molecule has 0 amide bonds. The van der Waals surface area contributed by atoms with Crippen LogP contribution in [0.15, 0.2) is 24.3 Å². The largest absolute Gasteiger partial charge is 0.314 e. The Morgan fingerprint density at radius 3 is 2.56 bits per heavy atom. The minimum absolute atomic E-state index is 0.142. The van der Waals surface area contributed by atoms with Gasteiger partial charge < -0.3 is 5.32 Å². The van der Waals surface area contributed by atoms with E-state index in [9.17, 15) is 4.39 Å². The summed E-state index contributed by atoms with van der Waals surface area (Å²) in [7, 11) is 2.03. The van der Waals surface area contributed by atoms with Crippen LogP contribution in [0.2, 0.25) is 0 Å². The first kappa shape index (κ1) is 13.5. The van der Waals surface area contributed by atoms with Gasteiger partial charge in [-0.2, -0.15) is 0 Å². The van der Waals surface area contributed by atoms with Gasteiger partial charge in [-0.25, -0.2) is 4.39 Å². The zero-order valence-electron chi connectivity index (χ0n) is 11.5. The Bertz CT molecular complexity index is 397. The molecule has 3 heteroatoms. The number of nitrogens with one attached hydrogen (secondary N) is 1. The van der Waals surface area contributed by atoms with Crippen LogP contribution in [0.5, 0.6) is 0 Å². The topological polar surface area (TPSA) is 15.3 Å². The number of benzene rings is 1. The van der Waals surface area contributed by atoms with Crippen molar-refractivity contribution in [3.63, 3.8) is 0 Å². The van der Waals surface area contributed by atoms with Crippen molar-refractivity contribution >= 4 is 0 Å². The summed E-state index contributed by atoms with van der Waals surface area (Å²) in [4.78, 5) is 2.44. The number of likely N-dealkylation sites (tertiary alicyclic amines) is 1. The molecule has 0 aliphatic carbocycles. The van der Waals surface area contributed by atoms with E-state index in [1.54, 1.807) is 12.1 Å². The van der Waals surface area contributed by atoms with Gasteiger partial charge in [0.25, 0.3) is 0 Å². The second kappa shape index (κ2) is 5.37. The summed E-state index contributed by atoms with van der Waals surface area (Å²) >= 11 is 0. The van der Waals surface area contributed by atoms with E-state index < -0.39 is 0 Å². The van der Waals surface area contributed by atoms with Gasteiger partial charge in [0.1, 0.15) is 5.82 Å². The summed E-state index contributed by atoms with van der Waals surface area (Å²) in [5.41, 5.74) is 1.33. The van der Waals surface area contributed by atoms with Crippen molar-refractivity contribution < 1.29 is 4.39 Å². The van der Waals surface area contributed by atoms with Gasteiger partial charge in [0.2, 0.25) is 0 Å². The number of nitrogens with zero attached hydrogens (tertiary/aromatic N) is 1. The van der Waals surface area contributed by atoms with Gasteiger partial charge in [0.15, 0.2) is 0 Å². The van der Waals surface area contributed by atoms with Gasteiger partial charge in [-0.3, -0.25) is 4.90 Å². The summed E-state index contributed by atoms with van der Waals surface area (Å²) in [5, 5.41) is 3.40. The van der Waals surface area contributed by atoms with Crippen molar-refractivity contribution in [3.8, 4) is 0 Å². The maximum absolute atomic E-state index is 13.2. The Labute approximate surface area is 109 Å². The predicted octanol–water partition coefficient (Wildman–Crippen LogP) is 2.96. The molecule has 0 spiro atoms. The molecule has 1 atom stereocenters. The summed E-state index contributed by atoms with van der Waals surface area (Å²) in [6.07, 6.45) is 2.28. The Morgan fingerprint density at radius 1 is 1.33 bits per heavy atom. The molecule has 1 aromatic rings. The molecule has 2 rings (SSSR count). The van der Waals surface area contributed by atoms with E-state index in [2.05, 4.69) is 24.1 Å². The van der Waals surface area contributed by atoms with Crippen molar-refractivity contribution in [2.24, 2.45) is 0 Å². The Morgan fingerprint density at radius 2 is 2.00 bits per heavy atom. The van der Waals surface area contributed by atoms with E-state index in [4.69, 9.17) is 0 Å². The molecule has 1 aromatic carbocycles. The first-order chi connectivity index (χ1) is 8.54. The van der Waals surface area contributed by atoms with Gasteiger partial charge >= 0.3 is 0 Å². The summed E-state index contributed by atoms with van der Waals surface area (Å²) in [5.74, 6) is -0.142. The van der Waals surface area contributed by atoms with Crippen molar-refractivity contribution in [2.45, 2.75) is 38.3 Å². The highest BCUT2D eigenvalue weighted by atomic mass is 19.1. The van der Waals surface area contributed by atoms with Crippen LogP contribution >= 0.6 is 0 Å². The second-order valence-corrected chi connectivity index (χ2v) is 5.58. The molecule has 1 unspecified atom stereocenters. The third-order valence-electron chi connectivity index (χ3n) is 4.38. The van der Waals surface area contributed by atoms with E-state index in [0.717, 1.165) is 31.5 Å². The highest BCUT2D eigenvalue weighted by Crippen LogP contribution is 2.28. The molecule has 18 heavy (non-hydrogen) atoms. The zero-order chi connectivity index (χ0) is 13.2. The quantitative estimate of drug-likeness (QED) is 0.887. The van der Waals surface area contributed by atoms with E-state index in [-0.39, 0.29) is 11.4 Å². The highest BCUT2D eigenvalue weighted by molar-refractivity contribution is 5.20. The highest BCUT2D eigenvalue weighted by Gasteiger charge is 2.30. The fourth-order valence-electron chi connectivity index (χ4n) is 2.63. The van der Waals surface area contributed by atoms with Crippen LogP contribution < -0.4 is 5.32 Å². The van der Waals surface area contributed by atoms with Crippen LogP contribution in [0.25, 0.3) is 0 Å². The summed E-state index contributed by atoms with van der Waals surface area (Å²) < 4.78 is 13.2. The van der Waals surface area contributed by atoms with Crippen molar-refractivity contribution in [1.29, 1.82) is 0 Å². The maximum Gasteiger partial charge on any atom is 0.123 e. The minimum atomic E-state index is -0.142. The molecule has 1 saturated heterocycles. The van der Waals surface area contributed by atoms with Gasteiger partial charge in [0.05, 0.1) is 0 Å². The molecule has 0 saturated carbocycles. The Balaban J connectivity index is 2.01. The van der Waals surface area contributed by atoms with Gasteiger partial charge in [-0.05, 0) is 51.4 Å². The maximum atomic E-state index is 13.2. The molecule has 100 valence electrons. The molecule has 0 aromatic heterocycles. The van der Waals surface area contributed by atoms with E-state index in [1.807, 2.05) is 13.1 Å². The van der Waals surface area contributed by atoms with E-state index in [0.29, 0.717) is 6.04 Å². The van der Waals surface area contributed by atoms with Crippen molar-refractivity contribution in [2.75, 3.05) is 20.1 Å². The number of piperidine rings is 1. The molecule has 1 heterocycles. The lowest BCUT2D eigenvalue weighted by Gasteiger charge is -2.42. The fraction of sp³-hybridized carbons (Fsp3) is 0.600. The van der Waals surface area contributed by atoms with Crippen LogP contribution in [0.1, 0.15) is 38.3 Å². The Kier molecular flexibility index (Phi) is 4.03. The smallest absolute Gasteiger partial charge is 0.123 e. The van der Waals surface area contributed by atoms with Crippen molar-refractivity contribution in [3.05, 3.63) is 35.6 Å². The number of hydrogen-bond acceptors (Lipinski definition) is 2. The lowest BCUT2D eigenvalue weighted by atomic mass is 9.88. The monoisotopic (exact) mass is 250 g/mol. The van der Waals surface area contributed by atoms with Gasteiger partial charge in [-0.1, -0.05) is 12.1 Å². The molecule has 0 bridgehead atoms. The average molecular weight is 250 g/mol. The molecule has 2 nitrogen and oxygen atoms in total. The van der Waals surface area contributed by atoms with Crippen LogP contribution in [0.4, 0.5) is 4.39 Å². The van der Waals surface area contributed by atoms with Crippen LogP contribution in [-0.2, 0) is 0 Å². The lowest BCUT2D eigenvalue weighted by Crippen LogP contribution is -2.50. The van der Waals surface area contributed by atoms with Crippen molar-refractivity contribution in [1.82, 2.24) is 10.2 Å². The van der Waals surface area contributed by atoms with Crippen LogP contribution in [0, 0.1) is 5.82 Å². The molecule has 1 fully saturated rings. The minimum Gasteiger partial charge on any atom is -0.314 e. The normalized spacial score (nSPS) is 21.8. The van der Waals surface area contributed by atoms with E-state index in [1.165, 1.54) is 6.07 Å². The SMILES string of the molecule is CNC1(C)CCN(C(C)c2cccc(F)c2)CC1. The third kappa shape index (κ3) is 2.90. The summed E-state index contributed by atoms with van der Waals surface area (Å²) in [6, 6.07) is 7.26. The van der Waals surface area contributed by atoms with Gasteiger partial charge in [-0.15, -0.1) is 0 Å².